The summed E-state index contributed by atoms with van der Waals surface area (Å²) in [4.78, 5) is 23.5. The lowest BCUT2D eigenvalue weighted by Crippen LogP contribution is -2.32. The summed E-state index contributed by atoms with van der Waals surface area (Å²) in [5.74, 6) is -0.933. The second-order valence-corrected chi connectivity index (χ2v) is 5.65. The highest BCUT2D eigenvalue weighted by Crippen LogP contribution is 2.29. The summed E-state index contributed by atoms with van der Waals surface area (Å²) >= 11 is 0. The van der Waals surface area contributed by atoms with Gasteiger partial charge in [0.15, 0.2) is 6.10 Å². The number of hydrogen-bond donors (Lipinski definition) is 0. The highest BCUT2D eigenvalue weighted by molar-refractivity contribution is 5.77. The molecule has 0 N–H and O–H groups in total. The van der Waals surface area contributed by atoms with E-state index in [4.69, 9.17) is 9.47 Å². The van der Waals surface area contributed by atoms with E-state index in [-0.39, 0.29) is 29.9 Å². The summed E-state index contributed by atoms with van der Waals surface area (Å²) in [6.07, 6.45) is 4.44. The summed E-state index contributed by atoms with van der Waals surface area (Å²) in [5.41, 5.74) is 0. The van der Waals surface area contributed by atoms with Gasteiger partial charge in [0.25, 0.3) is 0 Å². The molecule has 1 rings (SSSR count). The van der Waals surface area contributed by atoms with Gasteiger partial charge in [-0.05, 0) is 13.3 Å². The molecule has 0 aliphatic carbocycles. The highest BCUT2D eigenvalue weighted by Gasteiger charge is 2.44. The predicted octanol–water partition coefficient (Wildman–Crippen LogP) is 3.09. The fraction of sp³-hybridized carbons (Fsp3) is 0.867. The van der Waals surface area contributed by atoms with Gasteiger partial charge < -0.3 is 9.47 Å². The smallest absolute Gasteiger partial charge is 0.313 e. The van der Waals surface area contributed by atoms with Gasteiger partial charge in [-0.15, -0.1) is 0 Å². The standard InChI is InChI=1S/C15H26O4/c1-5-6-7-8-9-12-13(11(4)18-15(12)17)19-14(16)10(2)3/h10-13H,5-9H2,1-4H3/t11-,12+,13?/m0/s1. The minimum atomic E-state index is -0.413. The predicted molar refractivity (Wildman–Crippen MR) is 72.5 cm³/mol. The van der Waals surface area contributed by atoms with E-state index in [0.717, 1.165) is 25.7 Å². The van der Waals surface area contributed by atoms with Crippen LogP contribution in [0.15, 0.2) is 0 Å². The van der Waals surface area contributed by atoms with Gasteiger partial charge in [0.05, 0.1) is 11.8 Å². The van der Waals surface area contributed by atoms with E-state index in [2.05, 4.69) is 6.92 Å². The zero-order valence-corrected chi connectivity index (χ0v) is 12.5. The molecule has 4 nitrogen and oxygen atoms in total. The van der Waals surface area contributed by atoms with Crippen LogP contribution in [0.1, 0.15) is 59.8 Å². The highest BCUT2D eigenvalue weighted by atomic mass is 16.6. The maximum absolute atomic E-state index is 11.8. The Morgan fingerprint density at radius 3 is 2.58 bits per heavy atom. The molecule has 1 aliphatic heterocycles. The van der Waals surface area contributed by atoms with E-state index in [0.29, 0.717) is 0 Å². The van der Waals surface area contributed by atoms with Crippen LogP contribution in [0.2, 0.25) is 0 Å². The lowest BCUT2D eigenvalue weighted by molar-refractivity contribution is -0.157. The van der Waals surface area contributed by atoms with Crippen molar-refractivity contribution in [1.29, 1.82) is 0 Å². The van der Waals surface area contributed by atoms with Gasteiger partial charge >= 0.3 is 11.9 Å². The monoisotopic (exact) mass is 270 g/mol. The molecule has 1 fully saturated rings. The first kappa shape index (κ1) is 16.0. The topological polar surface area (TPSA) is 52.6 Å². The molecule has 3 atom stereocenters. The normalized spacial score (nSPS) is 26.6. The van der Waals surface area contributed by atoms with Crippen molar-refractivity contribution in [2.45, 2.75) is 72.0 Å². The molecular weight excluding hydrogens is 244 g/mol. The first-order chi connectivity index (χ1) is 8.97. The number of hydrogen-bond acceptors (Lipinski definition) is 4. The zero-order valence-electron chi connectivity index (χ0n) is 12.5. The Labute approximate surface area is 115 Å². The van der Waals surface area contributed by atoms with Gasteiger partial charge in [0.1, 0.15) is 6.10 Å². The maximum Gasteiger partial charge on any atom is 0.313 e. The number of carbonyl (C=O) groups excluding carboxylic acids is 2. The summed E-state index contributed by atoms with van der Waals surface area (Å²) in [7, 11) is 0. The third-order valence-corrected chi connectivity index (χ3v) is 3.56. The quantitative estimate of drug-likeness (QED) is 0.527. The zero-order chi connectivity index (χ0) is 14.4. The molecule has 1 saturated heterocycles. The van der Waals surface area contributed by atoms with Crippen molar-refractivity contribution in [2.24, 2.45) is 11.8 Å². The van der Waals surface area contributed by atoms with Crippen molar-refractivity contribution in [3.05, 3.63) is 0 Å². The van der Waals surface area contributed by atoms with E-state index in [9.17, 15) is 9.59 Å². The van der Waals surface area contributed by atoms with Crippen LogP contribution in [0.5, 0.6) is 0 Å². The number of rotatable bonds is 7. The Balaban J connectivity index is 2.54. The average Bonchev–Trinajstić information content (AvgIpc) is 2.60. The van der Waals surface area contributed by atoms with Crippen molar-refractivity contribution < 1.29 is 19.1 Å². The molecular formula is C15H26O4. The minimum Gasteiger partial charge on any atom is -0.458 e. The number of unbranched alkanes of at least 4 members (excludes halogenated alkanes) is 3. The second-order valence-electron chi connectivity index (χ2n) is 5.65. The van der Waals surface area contributed by atoms with E-state index in [1.807, 2.05) is 0 Å². The summed E-state index contributed by atoms with van der Waals surface area (Å²) in [5, 5.41) is 0. The van der Waals surface area contributed by atoms with E-state index in [1.54, 1.807) is 20.8 Å². The molecule has 1 unspecified atom stereocenters. The molecule has 0 radical (unpaired) electrons. The molecule has 0 spiro atoms. The summed E-state index contributed by atoms with van der Waals surface area (Å²) in [6, 6.07) is 0. The fourth-order valence-corrected chi connectivity index (χ4v) is 2.32. The Morgan fingerprint density at radius 1 is 1.32 bits per heavy atom. The van der Waals surface area contributed by atoms with Crippen LogP contribution in [-0.4, -0.2) is 24.1 Å². The molecule has 4 heteroatoms. The van der Waals surface area contributed by atoms with Gasteiger partial charge in [-0.25, -0.2) is 0 Å². The minimum absolute atomic E-state index is 0.177. The number of esters is 2. The first-order valence-corrected chi connectivity index (χ1v) is 7.38. The lowest BCUT2D eigenvalue weighted by Gasteiger charge is -2.20. The largest absolute Gasteiger partial charge is 0.458 e. The Bertz CT molecular complexity index is 311. The molecule has 0 bridgehead atoms. The summed E-state index contributed by atoms with van der Waals surface area (Å²) < 4.78 is 10.6. The van der Waals surface area contributed by atoms with E-state index < -0.39 is 6.10 Å². The fourth-order valence-electron chi connectivity index (χ4n) is 2.32. The van der Waals surface area contributed by atoms with Crippen LogP contribution >= 0.6 is 0 Å². The lowest BCUT2D eigenvalue weighted by atomic mass is 9.94. The van der Waals surface area contributed by atoms with E-state index in [1.165, 1.54) is 6.42 Å². The Kier molecular flexibility index (Phi) is 6.32. The van der Waals surface area contributed by atoms with Crippen molar-refractivity contribution in [1.82, 2.24) is 0 Å². The van der Waals surface area contributed by atoms with Gasteiger partial charge in [-0.2, -0.15) is 0 Å². The third kappa shape index (κ3) is 4.51. The van der Waals surface area contributed by atoms with Crippen LogP contribution in [0.4, 0.5) is 0 Å². The van der Waals surface area contributed by atoms with Crippen LogP contribution in [0, 0.1) is 11.8 Å². The van der Waals surface area contributed by atoms with Crippen molar-refractivity contribution in [3.8, 4) is 0 Å². The summed E-state index contributed by atoms with van der Waals surface area (Å²) in [6.45, 7) is 7.53. The second kappa shape index (κ2) is 7.51. The maximum atomic E-state index is 11.8. The Morgan fingerprint density at radius 2 is 2.00 bits per heavy atom. The first-order valence-electron chi connectivity index (χ1n) is 7.38. The van der Waals surface area contributed by atoms with Crippen LogP contribution in [0.25, 0.3) is 0 Å². The van der Waals surface area contributed by atoms with Gasteiger partial charge in [0, 0.05) is 0 Å². The van der Waals surface area contributed by atoms with Crippen molar-refractivity contribution in [2.75, 3.05) is 0 Å². The van der Waals surface area contributed by atoms with Gasteiger partial charge in [-0.1, -0.05) is 46.5 Å². The molecule has 19 heavy (non-hydrogen) atoms. The van der Waals surface area contributed by atoms with Gasteiger partial charge in [0.2, 0.25) is 0 Å². The molecule has 0 saturated carbocycles. The number of cyclic esters (lactones) is 1. The molecule has 0 aromatic heterocycles. The number of ether oxygens (including phenoxy) is 2. The van der Waals surface area contributed by atoms with Crippen molar-refractivity contribution in [3.63, 3.8) is 0 Å². The van der Waals surface area contributed by atoms with Gasteiger partial charge in [-0.3, -0.25) is 9.59 Å². The SMILES string of the molecule is CCCCCC[C@H]1C(=O)O[C@@H](C)C1OC(=O)C(C)C. The van der Waals surface area contributed by atoms with Crippen molar-refractivity contribution >= 4 is 11.9 Å². The molecule has 0 amide bonds. The van der Waals surface area contributed by atoms with E-state index >= 15 is 0 Å². The molecule has 1 heterocycles. The average molecular weight is 270 g/mol. The molecule has 0 aromatic carbocycles. The molecule has 1 aliphatic rings. The Hall–Kier alpha value is -1.06. The third-order valence-electron chi connectivity index (χ3n) is 3.56. The van der Waals surface area contributed by atoms with Crippen LogP contribution in [0.3, 0.4) is 0 Å². The molecule has 110 valence electrons. The van der Waals surface area contributed by atoms with Crippen LogP contribution in [-0.2, 0) is 19.1 Å². The number of carbonyl (C=O) groups is 2. The van der Waals surface area contributed by atoms with Crippen LogP contribution < -0.4 is 0 Å². The molecule has 0 aromatic rings.